The van der Waals surface area contributed by atoms with Crippen molar-refractivity contribution in [1.82, 2.24) is 0 Å². The molecular formula is C9H18O8. The number of rotatable bonds is 8. The molecule has 7 N–H and O–H groups in total. The molecule has 0 aromatic rings. The Kier molecular flexibility index (Phi) is 7.39. The summed E-state index contributed by atoms with van der Waals surface area (Å²) in [4.78, 5) is 11.2. The van der Waals surface area contributed by atoms with Crippen molar-refractivity contribution in [2.24, 2.45) is 0 Å². The highest BCUT2D eigenvalue weighted by Gasteiger charge is 2.33. The van der Waals surface area contributed by atoms with Crippen molar-refractivity contribution in [1.29, 1.82) is 0 Å². The lowest BCUT2D eigenvalue weighted by Gasteiger charge is -2.24. The van der Waals surface area contributed by atoms with Crippen LogP contribution in [0, 0.1) is 0 Å². The summed E-state index contributed by atoms with van der Waals surface area (Å²) in [6, 6.07) is 0. The van der Waals surface area contributed by atoms with Crippen molar-refractivity contribution >= 4 is 5.78 Å². The first-order chi connectivity index (χ1) is 7.81. The Morgan fingerprint density at radius 1 is 0.941 bits per heavy atom. The van der Waals surface area contributed by atoms with Crippen molar-refractivity contribution in [3.05, 3.63) is 0 Å². The lowest BCUT2D eigenvalue weighted by atomic mass is 9.98. The van der Waals surface area contributed by atoms with E-state index in [2.05, 4.69) is 0 Å². The lowest BCUT2D eigenvalue weighted by Crippen LogP contribution is -2.48. The molecule has 8 nitrogen and oxygen atoms in total. The van der Waals surface area contributed by atoms with E-state index >= 15 is 0 Å². The third-order valence-corrected chi connectivity index (χ3v) is 2.23. The summed E-state index contributed by atoms with van der Waals surface area (Å²) >= 11 is 0. The molecule has 0 radical (unpaired) electrons. The van der Waals surface area contributed by atoms with Crippen LogP contribution < -0.4 is 0 Å². The molecule has 0 saturated heterocycles. The Morgan fingerprint density at radius 3 is 1.88 bits per heavy atom. The highest BCUT2D eigenvalue weighted by Crippen LogP contribution is 2.09. The molecule has 0 saturated carbocycles. The first-order valence-corrected chi connectivity index (χ1v) is 5.03. The van der Waals surface area contributed by atoms with Crippen LogP contribution in [0.3, 0.4) is 0 Å². The average molecular weight is 254 g/mol. The molecule has 0 spiro atoms. The highest BCUT2D eigenvalue weighted by molar-refractivity contribution is 5.83. The number of carbonyl (C=O) groups excluding carboxylic acids is 1. The number of hydrogen-bond donors (Lipinski definition) is 7. The van der Waals surface area contributed by atoms with Crippen molar-refractivity contribution in [2.75, 3.05) is 6.61 Å². The molecule has 0 aliphatic carbocycles. The fourth-order valence-corrected chi connectivity index (χ4v) is 1.13. The maximum absolute atomic E-state index is 11.2. The second-order valence-electron chi connectivity index (χ2n) is 3.66. The first-order valence-electron chi connectivity index (χ1n) is 5.03. The number of Topliss-reactive ketones (excluding diaryl/α,β-unsaturated/α-hetero) is 1. The molecule has 17 heavy (non-hydrogen) atoms. The normalized spacial score (nSPS) is 18.8. The van der Waals surface area contributed by atoms with E-state index in [1.807, 2.05) is 0 Å². The van der Waals surface area contributed by atoms with Gasteiger partial charge in [-0.1, -0.05) is 0 Å². The van der Waals surface area contributed by atoms with Crippen LogP contribution in [0.1, 0.15) is 12.8 Å². The summed E-state index contributed by atoms with van der Waals surface area (Å²) in [5, 5.41) is 62.3. The minimum Gasteiger partial charge on any atom is -0.394 e. The third-order valence-electron chi connectivity index (χ3n) is 2.23. The Hall–Kier alpha value is -0.610. The van der Waals surface area contributed by atoms with Gasteiger partial charge in [-0.15, -0.1) is 0 Å². The van der Waals surface area contributed by atoms with Crippen molar-refractivity contribution in [2.45, 2.75) is 43.5 Å². The Morgan fingerprint density at radius 2 is 1.47 bits per heavy atom. The van der Waals surface area contributed by atoms with Gasteiger partial charge in [0.25, 0.3) is 0 Å². The van der Waals surface area contributed by atoms with Gasteiger partial charge in [-0.05, 0) is 0 Å². The van der Waals surface area contributed by atoms with E-state index in [-0.39, 0.29) is 6.42 Å². The van der Waals surface area contributed by atoms with E-state index in [0.717, 1.165) is 0 Å². The molecule has 0 aromatic carbocycles. The zero-order valence-corrected chi connectivity index (χ0v) is 9.05. The largest absolute Gasteiger partial charge is 0.394 e. The molecule has 0 bridgehead atoms. The average Bonchev–Trinajstić information content (AvgIpc) is 2.31. The van der Waals surface area contributed by atoms with E-state index in [9.17, 15) is 20.1 Å². The van der Waals surface area contributed by atoms with Crippen LogP contribution in [0.2, 0.25) is 0 Å². The fourth-order valence-electron chi connectivity index (χ4n) is 1.13. The lowest BCUT2D eigenvalue weighted by molar-refractivity contribution is -0.148. The number of hydrogen-bond acceptors (Lipinski definition) is 8. The van der Waals surface area contributed by atoms with E-state index in [4.69, 9.17) is 20.4 Å². The van der Waals surface area contributed by atoms with Gasteiger partial charge in [-0.3, -0.25) is 4.79 Å². The van der Waals surface area contributed by atoms with Crippen LogP contribution in [0.4, 0.5) is 0 Å². The molecule has 0 rings (SSSR count). The number of ketones is 1. The highest BCUT2D eigenvalue weighted by atomic mass is 16.5. The summed E-state index contributed by atoms with van der Waals surface area (Å²) in [6.07, 6.45) is -9.92. The van der Waals surface area contributed by atoms with E-state index < -0.39 is 49.5 Å². The second kappa shape index (κ2) is 7.67. The predicted molar refractivity (Wildman–Crippen MR) is 53.6 cm³/mol. The third kappa shape index (κ3) is 5.50. The Bertz CT molecular complexity index is 231. The summed E-state index contributed by atoms with van der Waals surface area (Å²) in [6.45, 7) is -0.839. The molecule has 0 amide bonds. The molecule has 0 aliphatic heterocycles. The van der Waals surface area contributed by atoms with Gasteiger partial charge in [-0.2, -0.15) is 0 Å². The molecule has 8 heteroatoms. The van der Waals surface area contributed by atoms with Gasteiger partial charge in [-0.25, -0.2) is 0 Å². The van der Waals surface area contributed by atoms with Crippen LogP contribution in [-0.4, -0.2) is 78.8 Å². The number of aliphatic hydroxyl groups excluding tert-OH is 6. The van der Waals surface area contributed by atoms with Crippen LogP contribution in [-0.2, 0) is 4.79 Å². The van der Waals surface area contributed by atoms with Crippen molar-refractivity contribution in [3.8, 4) is 0 Å². The molecule has 0 unspecified atom stereocenters. The molecule has 4 atom stereocenters. The minimum atomic E-state index is -1.97. The van der Waals surface area contributed by atoms with Gasteiger partial charge in [0.1, 0.15) is 24.4 Å². The van der Waals surface area contributed by atoms with Gasteiger partial charge in [0, 0.05) is 12.8 Å². The summed E-state index contributed by atoms with van der Waals surface area (Å²) < 4.78 is 0. The Balaban J connectivity index is 4.28. The van der Waals surface area contributed by atoms with Crippen LogP contribution >= 0.6 is 0 Å². The SMILES string of the molecule is O=C(CCC(O)O)[C@H](O)[C@@H](O)[C@H](O)[C@H](O)CO. The van der Waals surface area contributed by atoms with Crippen LogP contribution in [0.25, 0.3) is 0 Å². The molecule has 0 aliphatic rings. The molecule has 0 fully saturated rings. The topological polar surface area (TPSA) is 159 Å². The smallest absolute Gasteiger partial charge is 0.164 e. The van der Waals surface area contributed by atoms with Crippen molar-refractivity contribution in [3.63, 3.8) is 0 Å². The quantitative estimate of drug-likeness (QED) is 0.216. The fraction of sp³-hybridized carbons (Fsp3) is 0.889. The minimum absolute atomic E-state index is 0.318. The van der Waals surface area contributed by atoms with Crippen LogP contribution in [0.5, 0.6) is 0 Å². The monoisotopic (exact) mass is 254 g/mol. The second-order valence-corrected chi connectivity index (χ2v) is 3.66. The summed E-state index contributed by atoms with van der Waals surface area (Å²) in [7, 11) is 0. The van der Waals surface area contributed by atoms with Gasteiger partial charge < -0.3 is 35.7 Å². The van der Waals surface area contributed by atoms with Gasteiger partial charge in [0.05, 0.1) is 6.61 Å². The maximum atomic E-state index is 11.2. The first kappa shape index (κ1) is 16.4. The van der Waals surface area contributed by atoms with E-state index in [1.165, 1.54) is 0 Å². The molecular weight excluding hydrogens is 236 g/mol. The van der Waals surface area contributed by atoms with E-state index in [0.29, 0.717) is 0 Å². The summed E-state index contributed by atoms with van der Waals surface area (Å²) in [5.74, 6) is -0.908. The predicted octanol–water partition coefficient (Wildman–Crippen LogP) is -3.92. The maximum Gasteiger partial charge on any atom is 0.164 e. The zero-order chi connectivity index (χ0) is 13.6. The van der Waals surface area contributed by atoms with Crippen LogP contribution in [0.15, 0.2) is 0 Å². The molecule has 0 heterocycles. The standard InChI is InChI=1S/C9H18O8/c10-3-5(12)8(16)9(17)7(15)4(11)1-2-6(13)14/h5-10,12-17H,1-3H2/t5-,7+,8-,9-/m1/s1. The van der Waals surface area contributed by atoms with Gasteiger partial charge in [0.15, 0.2) is 12.1 Å². The summed E-state index contributed by atoms with van der Waals surface area (Å²) in [5.41, 5.74) is 0. The van der Waals surface area contributed by atoms with Gasteiger partial charge in [0.2, 0.25) is 0 Å². The zero-order valence-electron chi connectivity index (χ0n) is 9.05. The van der Waals surface area contributed by atoms with Crippen molar-refractivity contribution < 1.29 is 40.5 Å². The number of aliphatic hydroxyl groups is 7. The van der Waals surface area contributed by atoms with Gasteiger partial charge >= 0.3 is 0 Å². The Labute approximate surface area is 97.4 Å². The van der Waals surface area contributed by atoms with E-state index in [1.54, 1.807) is 0 Å². The molecule has 0 aromatic heterocycles. The number of carbonyl (C=O) groups is 1. The molecule has 102 valence electrons.